The van der Waals surface area contributed by atoms with Crippen molar-refractivity contribution in [2.75, 3.05) is 0 Å². The molecule has 246 valence electrons. The van der Waals surface area contributed by atoms with Crippen molar-refractivity contribution in [1.29, 1.82) is 0 Å². The minimum atomic E-state index is -0.680. The van der Waals surface area contributed by atoms with Gasteiger partial charge in [-0.3, -0.25) is 0 Å². The topological polar surface area (TPSA) is 54.8 Å². The molecule has 0 radical (unpaired) electrons. The molecule has 1 unspecified atom stereocenters. The van der Waals surface area contributed by atoms with Gasteiger partial charge in [-0.1, -0.05) is 109 Å². The van der Waals surface area contributed by atoms with Crippen LogP contribution in [-0.4, -0.2) is 24.1 Å². The average Bonchev–Trinajstić information content (AvgIpc) is 3.74. The maximum atomic E-state index is 6.19. The van der Waals surface area contributed by atoms with E-state index in [0.29, 0.717) is 5.84 Å². The Balaban J connectivity index is 1.07. The van der Waals surface area contributed by atoms with E-state index in [1.807, 2.05) is 30.3 Å². The Kier molecular flexibility index (Phi) is 6.80. The van der Waals surface area contributed by atoms with Crippen molar-refractivity contribution in [3.05, 3.63) is 180 Å². The molecule has 10 rings (SSSR count). The number of hydrogen-bond donors (Lipinski definition) is 1. The van der Waals surface area contributed by atoms with E-state index < -0.39 is 5.66 Å². The number of benzene rings is 7. The predicted molar refractivity (Wildman–Crippen MR) is 218 cm³/mol. The van der Waals surface area contributed by atoms with Crippen LogP contribution in [0.3, 0.4) is 0 Å². The summed E-state index contributed by atoms with van der Waals surface area (Å²) in [5.74, 6) is 1.49. The summed E-state index contributed by atoms with van der Waals surface area (Å²) in [6.45, 7) is 2.11. The molecule has 0 bridgehead atoms. The Morgan fingerprint density at radius 3 is 2.06 bits per heavy atom. The van der Waals surface area contributed by atoms with E-state index in [2.05, 4.69) is 158 Å². The summed E-state index contributed by atoms with van der Waals surface area (Å²) in [4.78, 5) is 10.3. The van der Waals surface area contributed by atoms with Gasteiger partial charge in [-0.2, -0.15) is 0 Å². The van der Waals surface area contributed by atoms with Gasteiger partial charge in [0.05, 0.1) is 11.0 Å². The third kappa shape index (κ3) is 4.87. The zero-order chi connectivity index (χ0) is 34.8. The largest absolute Gasteiger partial charge is 0.456 e. The lowest BCUT2D eigenvalue weighted by Crippen LogP contribution is -2.46. The Bertz CT molecular complexity index is 2890. The highest BCUT2D eigenvalue weighted by molar-refractivity contribution is 6.41. The van der Waals surface area contributed by atoms with Crippen LogP contribution in [0.4, 0.5) is 0 Å². The fraction of sp³-hybridized carbons (Fsp3) is 0.0435. The standard InChI is InChI=1S/C46H33BN4O/c1-46(33-13-6-3-7-14-33)49-44(29-11-4-2-5-12-29)48-45(50-46)30-19-23-34(24-20-30)51-39-17-9-8-15-35(39)36-27-31(21-25-40(36)51)32-22-26-41-37(28-32)43-38(47)16-10-18-42(43)52-41/h2-28H,47H2,1H3,(H,48,49,50). The van der Waals surface area contributed by atoms with Gasteiger partial charge in [0.2, 0.25) is 0 Å². The van der Waals surface area contributed by atoms with Gasteiger partial charge >= 0.3 is 0 Å². The zero-order valence-corrected chi connectivity index (χ0v) is 28.8. The van der Waals surface area contributed by atoms with Gasteiger partial charge in [0.1, 0.15) is 24.8 Å². The summed E-state index contributed by atoms with van der Waals surface area (Å²) in [7, 11) is 2.15. The first-order valence-electron chi connectivity index (χ1n) is 17.7. The third-order valence-corrected chi connectivity index (χ3v) is 10.4. The van der Waals surface area contributed by atoms with E-state index in [4.69, 9.17) is 14.4 Å². The predicted octanol–water partition coefficient (Wildman–Crippen LogP) is 9.28. The molecule has 5 nitrogen and oxygen atoms in total. The van der Waals surface area contributed by atoms with Crippen molar-refractivity contribution in [2.24, 2.45) is 9.98 Å². The number of aliphatic imine (C=N–C) groups is 2. The molecule has 1 aliphatic heterocycles. The van der Waals surface area contributed by atoms with Gasteiger partial charge in [-0.15, -0.1) is 0 Å². The highest BCUT2D eigenvalue weighted by Gasteiger charge is 2.32. The molecule has 0 saturated heterocycles. The fourth-order valence-corrected chi connectivity index (χ4v) is 7.76. The number of nitrogens with zero attached hydrogens (tertiary/aromatic N) is 3. The monoisotopic (exact) mass is 668 g/mol. The maximum absolute atomic E-state index is 6.19. The van der Waals surface area contributed by atoms with Crippen LogP contribution >= 0.6 is 0 Å². The van der Waals surface area contributed by atoms with Crippen molar-refractivity contribution < 1.29 is 4.42 Å². The maximum Gasteiger partial charge on any atom is 0.159 e. The number of furan rings is 1. The number of amidine groups is 2. The van der Waals surface area contributed by atoms with Crippen LogP contribution in [0.2, 0.25) is 0 Å². The number of nitrogens with one attached hydrogen (secondary N) is 1. The molecule has 1 aliphatic rings. The van der Waals surface area contributed by atoms with E-state index >= 15 is 0 Å². The van der Waals surface area contributed by atoms with Crippen molar-refractivity contribution in [2.45, 2.75) is 12.6 Å². The van der Waals surface area contributed by atoms with Crippen LogP contribution in [0.25, 0.3) is 60.6 Å². The van der Waals surface area contributed by atoms with Gasteiger partial charge in [-0.05, 0) is 84.3 Å². The molecule has 1 atom stereocenters. The van der Waals surface area contributed by atoms with Crippen LogP contribution in [-0.2, 0) is 5.66 Å². The second kappa shape index (κ2) is 11.7. The van der Waals surface area contributed by atoms with Crippen molar-refractivity contribution >= 4 is 68.7 Å². The Morgan fingerprint density at radius 1 is 0.577 bits per heavy atom. The Morgan fingerprint density at radius 2 is 1.25 bits per heavy atom. The van der Waals surface area contributed by atoms with E-state index in [-0.39, 0.29) is 0 Å². The third-order valence-electron chi connectivity index (χ3n) is 10.4. The smallest absolute Gasteiger partial charge is 0.159 e. The normalized spacial score (nSPS) is 15.9. The molecule has 6 heteroatoms. The molecule has 7 aromatic carbocycles. The fourth-order valence-electron chi connectivity index (χ4n) is 7.76. The highest BCUT2D eigenvalue weighted by atomic mass is 16.3. The summed E-state index contributed by atoms with van der Waals surface area (Å²) in [6, 6.07) is 57.5. The van der Waals surface area contributed by atoms with E-state index in [1.165, 1.54) is 32.7 Å². The molecule has 0 saturated carbocycles. The molecular formula is C46H33BN4O. The molecular weight excluding hydrogens is 635 g/mol. The highest BCUT2D eigenvalue weighted by Crippen LogP contribution is 2.37. The van der Waals surface area contributed by atoms with Crippen LogP contribution in [0.1, 0.15) is 23.6 Å². The molecule has 0 spiro atoms. The van der Waals surface area contributed by atoms with Crippen LogP contribution < -0.4 is 10.8 Å². The van der Waals surface area contributed by atoms with Gasteiger partial charge < -0.3 is 14.3 Å². The second-order valence-electron chi connectivity index (χ2n) is 13.7. The lowest BCUT2D eigenvalue weighted by Gasteiger charge is -2.33. The summed E-state index contributed by atoms with van der Waals surface area (Å²) in [5, 5.41) is 8.38. The van der Waals surface area contributed by atoms with Crippen molar-refractivity contribution in [3.8, 4) is 16.8 Å². The van der Waals surface area contributed by atoms with Crippen molar-refractivity contribution in [3.63, 3.8) is 0 Å². The van der Waals surface area contributed by atoms with Gasteiger partial charge in [0.15, 0.2) is 11.5 Å². The van der Waals surface area contributed by atoms with E-state index in [1.54, 1.807) is 0 Å². The number of rotatable bonds is 5. The minimum Gasteiger partial charge on any atom is -0.456 e. The summed E-state index contributed by atoms with van der Waals surface area (Å²) in [6.07, 6.45) is 0. The first-order chi connectivity index (χ1) is 25.5. The van der Waals surface area contributed by atoms with Gasteiger partial charge in [0.25, 0.3) is 0 Å². The number of hydrogen-bond acceptors (Lipinski definition) is 4. The molecule has 9 aromatic rings. The molecule has 0 fully saturated rings. The lowest BCUT2D eigenvalue weighted by molar-refractivity contribution is 0.455. The number of fused-ring (bicyclic) bond motifs is 6. The summed E-state index contributed by atoms with van der Waals surface area (Å²) in [5.41, 5.74) is 11.2. The van der Waals surface area contributed by atoms with Crippen LogP contribution in [0, 0.1) is 0 Å². The summed E-state index contributed by atoms with van der Waals surface area (Å²) < 4.78 is 8.54. The second-order valence-corrected chi connectivity index (χ2v) is 13.7. The first-order valence-corrected chi connectivity index (χ1v) is 17.7. The summed E-state index contributed by atoms with van der Waals surface area (Å²) >= 11 is 0. The Hall–Kier alpha value is -6.66. The quantitative estimate of drug-likeness (QED) is 0.186. The van der Waals surface area contributed by atoms with Gasteiger partial charge in [0, 0.05) is 38.4 Å². The molecule has 52 heavy (non-hydrogen) atoms. The molecule has 0 aliphatic carbocycles. The lowest BCUT2D eigenvalue weighted by atomic mass is 9.90. The first kappa shape index (κ1) is 30.2. The van der Waals surface area contributed by atoms with E-state index in [0.717, 1.165) is 55.8 Å². The SMILES string of the molecule is Bc1cccc2oc3ccc(-c4ccc5c(c4)c4ccccc4n5-c4ccc(C5=NC(C)(c6ccccc6)NC(c6ccccc6)=N5)cc4)cc3c12. The van der Waals surface area contributed by atoms with Gasteiger partial charge in [-0.25, -0.2) is 9.98 Å². The van der Waals surface area contributed by atoms with Crippen molar-refractivity contribution in [1.82, 2.24) is 9.88 Å². The van der Waals surface area contributed by atoms with Crippen LogP contribution in [0.5, 0.6) is 0 Å². The molecule has 2 aromatic heterocycles. The molecule has 0 amide bonds. The molecule has 1 N–H and O–H groups in total. The molecule has 3 heterocycles. The average molecular weight is 669 g/mol. The number of para-hydroxylation sites is 1. The Labute approximate surface area is 302 Å². The zero-order valence-electron chi connectivity index (χ0n) is 28.8. The number of aromatic nitrogens is 1. The minimum absolute atomic E-state index is 0.680. The van der Waals surface area contributed by atoms with Crippen LogP contribution in [0.15, 0.2) is 178 Å². The van der Waals surface area contributed by atoms with E-state index in [9.17, 15) is 0 Å².